The lowest BCUT2D eigenvalue weighted by Gasteiger charge is -2.17. The Morgan fingerprint density at radius 2 is 2.11 bits per heavy atom. The third-order valence-electron chi connectivity index (χ3n) is 4.68. The van der Waals surface area contributed by atoms with Crippen LogP contribution in [0.15, 0.2) is 60.1 Å². The molecule has 0 bridgehead atoms. The first-order chi connectivity index (χ1) is 13.8. The van der Waals surface area contributed by atoms with Gasteiger partial charge in [0.2, 0.25) is 0 Å². The van der Waals surface area contributed by atoms with Crippen LogP contribution < -0.4 is 4.90 Å². The fourth-order valence-corrected chi connectivity index (χ4v) is 4.22. The summed E-state index contributed by atoms with van der Waals surface area (Å²) < 4.78 is 1.71. The van der Waals surface area contributed by atoms with Gasteiger partial charge >= 0.3 is 0 Å². The van der Waals surface area contributed by atoms with Crippen molar-refractivity contribution in [2.75, 3.05) is 17.4 Å². The molecule has 8 heteroatoms. The van der Waals surface area contributed by atoms with Crippen LogP contribution in [0.3, 0.4) is 0 Å². The van der Waals surface area contributed by atoms with Crippen molar-refractivity contribution in [2.45, 2.75) is 18.1 Å². The molecule has 0 saturated carbocycles. The topological polar surface area (TPSA) is 80.0 Å². The van der Waals surface area contributed by atoms with Crippen LogP contribution in [0.2, 0.25) is 0 Å². The number of fused-ring (bicyclic) bond motifs is 2. The van der Waals surface area contributed by atoms with Crippen molar-refractivity contribution >= 4 is 28.5 Å². The van der Waals surface area contributed by atoms with Crippen molar-refractivity contribution in [1.29, 1.82) is 0 Å². The molecular weight excluding hydrogens is 372 g/mol. The molecule has 3 aromatic heterocycles. The molecule has 7 nitrogen and oxygen atoms in total. The number of nitrogens with zero attached hydrogens (tertiary/aromatic N) is 6. The highest BCUT2D eigenvalue weighted by Crippen LogP contribution is 2.37. The highest BCUT2D eigenvalue weighted by atomic mass is 32.2. The van der Waals surface area contributed by atoms with Gasteiger partial charge in [-0.3, -0.25) is 9.67 Å². The number of aliphatic hydroxyl groups excluding tert-OH is 1. The zero-order valence-corrected chi connectivity index (χ0v) is 15.9. The standard InChI is InChI=1S/C20H18N6OS/c27-7-6-26-12-16(9-23-26)18-10-22-20-19(24-18)25(13-28-20)11-14-3-4-17-15(8-14)2-1-5-21-17/h1-5,8-10,12,27H,6-7,11,13H2. The van der Waals surface area contributed by atoms with Crippen LogP contribution in [-0.2, 0) is 13.1 Å². The second-order valence-corrected chi connectivity index (χ2v) is 7.54. The number of anilines is 1. The molecule has 0 spiro atoms. The van der Waals surface area contributed by atoms with E-state index in [9.17, 15) is 0 Å². The van der Waals surface area contributed by atoms with Crippen LogP contribution in [0.5, 0.6) is 0 Å². The van der Waals surface area contributed by atoms with Gasteiger partial charge in [-0.2, -0.15) is 5.10 Å². The second-order valence-electron chi connectivity index (χ2n) is 6.60. The van der Waals surface area contributed by atoms with Crippen molar-refractivity contribution < 1.29 is 5.11 Å². The Hall–Kier alpha value is -2.97. The molecule has 1 N–H and O–H groups in total. The van der Waals surface area contributed by atoms with Gasteiger partial charge in [0.15, 0.2) is 5.82 Å². The predicted octanol–water partition coefficient (Wildman–Crippen LogP) is 2.95. The Kier molecular flexibility index (Phi) is 4.42. The second kappa shape index (κ2) is 7.21. The summed E-state index contributed by atoms with van der Waals surface area (Å²) in [5.74, 6) is 1.73. The molecule has 28 heavy (non-hydrogen) atoms. The molecule has 1 aliphatic heterocycles. The van der Waals surface area contributed by atoms with Crippen molar-refractivity contribution in [3.8, 4) is 11.3 Å². The number of pyridine rings is 1. The quantitative estimate of drug-likeness (QED) is 0.561. The monoisotopic (exact) mass is 390 g/mol. The SMILES string of the molecule is OCCn1cc(-c2cnc3c(n2)N(Cc2ccc4ncccc4c2)CS3)cn1. The van der Waals surface area contributed by atoms with Gasteiger partial charge in [-0.1, -0.05) is 23.9 Å². The average molecular weight is 390 g/mol. The van der Waals surface area contributed by atoms with Gasteiger partial charge in [0.05, 0.1) is 42.6 Å². The number of benzene rings is 1. The van der Waals surface area contributed by atoms with Crippen LogP contribution in [0.1, 0.15) is 5.56 Å². The summed E-state index contributed by atoms with van der Waals surface area (Å²) in [6.45, 7) is 1.30. The van der Waals surface area contributed by atoms with Crippen LogP contribution in [-0.4, -0.2) is 42.3 Å². The van der Waals surface area contributed by atoms with Gasteiger partial charge in [0.1, 0.15) is 5.03 Å². The average Bonchev–Trinajstić information content (AvgIpc) is 3.35. The fourth-order valence-electron chi connectivity index (χ4n) is 3.30. The fraction of sp³-hybridized carbons (Fsp3) is 0.200. The minimum atomic E-state index is 0.0582. The lowest BCUT2D eigenvalue weighted by molar-refractivity contribution is 0.269. The summed E-state index contributed by atoms with van der Waals surface area (Å²) in [5, 5.41) is 15.4. The molecule has 0 saturated heterocycles. The molecule has 1 aliphatic rings. The van der Waals surface area contributed by atoms with Gasteiger partial charge in [-0.25, -0.2) is 9.97 Å². The molecule has 0 radical (unpaired) electrons. The molecule has 1 aromatic carbocycles. The lowest BCUT2D eigenvalue weighted by atomic mass is 10.1. The minimum Gasteiger partial charge on any atom is -0.394 e. The summed E-state index contributed by atoms with van der Waals surface area (Å²) in [6, 6.07) is 10.4. The number of aliphatic hydroxyl groups is 1. The van der Waals surface area contributed by atoms with E-state index in [4.69, 9.17) is 10.1 Å². The number of aromatic nitrogens is 5. The molecule has 5 rings (SSSR count). The Morgan fingerprint density at radius 3 is 3.04 bits per heavy atom. The summed E-state index contributed by atoms with van der Waals surface area (Å²) in [4.78, 5) is 16.1. The van der Waals surface area contributed by atoms with E-state index < -0.39 is 0 Å². The Balaban J connectivity index is 1.42. The third-order valence-corrected chi connectivity index (χ3v) is 5.68. The molecule has 0 amide bonds. The van der Waals surface area contributed by atoms with Gasteiger partial charge in [0.25, 0.3) is 0 Å². The molecule has 0 fully saturated rings. The van der Waals surface area contributed by atoms with Crippen LogP contribution in [0.4, 0.5) is 5.82 Å². The maximum Gasteiger partial charge on any atom is 0.163 e. The van der Waals surface area contributed by atoms with Crippen molar-refractivity contribution in [2.24, 2.45) is 0 Å². The largest absolute Gasteiger partial charge is 0.394 e. The highest BCUT2D eigenvalue weighted by molar-refractivity contribution is 7.99. The van der Waals surface area contributed by atoms with E-state index in [1.54, 1.807) is 28.8 Å². The molecular formula is C20H18N6OS. The first-order valence-electron chi connectivity index (χ1n) is 9.02. The number of rotatable bonds is 5. The first-order valence-corrected chi connectivity index (χ1v) is 10.0. The number of hydrogen-bond donors (Lipinski definition) is 1. The zero-order valence-electron chi connectivity index (χ0n) is 15.1. The summed E-state index contributed by atoms with van der Waals surface area (Å²) in [7, 11) is 0. The van der Waals surface area contributed by atoms with Crippen LogP contribution in [0, 0.1) is 0 Å². The number of thioether (sulfide) groups is 1. The molecule has 0 aliphatic carbocycles. The Bertz CT molecular complexity index is 1140. The molecule has 0 atom stereocenters. The van der Waals surface area contributed by atoms with E-state index in [1.165, 1.54) is 5.56 Å². The van der Waals surface area contributed by atoms with Gasteiger partial charge in [0, 0.05) is 29.9 Å². The minimum absolute atomic E-state index is 0.0582. The maximum atomic E-state index is 9.07. The highest BCUT2D eigenvalue weighted by Gasteiger charge is 2.24. The first kappa shape index (κ1) is 17.2. The van der Waals surface area contributed by atoms with E-state index in [0.29, 0.717) is 6.54 Å². The molecule has 0 unspecified atom stereocenters. The number of hydrogen-bond acceptors (Lipinski definition) is 7. The van der Waals surface area contributed by atoms with E-state index >= 15 is 0 Å². The van der Waals surface area contributed by atoms with E-state index in [1.807, 2.05) is 18.5 Å². The summed E-state index contributed by atoms with van der Waals surface area (Å²) in [6.07, 6.45) is 7.25. The van der Waals surface area contributed by atoms with E-state index in [0.717, 1.165) is 45.4 Å². The van der Waals surface area contributed by atoms with E-state index in [2.05, 4.69) is 44.2 Å². The van der Waals surface area contributed by atoms with Crippen molar-refractivity contribution in [1.82, 2.24) is 24.7 Å². The van der Waals surface area contributed by atoms with Crippen LogP contribution >= 0.6 is 11.8 Å². The summed E-state index contributed by atoms with van der Waals surface area (Å²) >= 11 is 1.70. The molecule has 140 valence electrons. The van der Waals surface area contributed by atoms with Gasteiger partial charge in [-0.15, -0.1) is 0 Å². The Labute approximate surface area is 166 Å². The predicted molar refractivity (Wildman–Crippen MR) is 109 cm³/mol. The van der Waals surface area contributed by atoms with Crippen molar-refractivity contribution in [3.63, 3.8) is 0 Å². The van der Waals surface area contributed by atoms with Crippen LogP contribution in [0.25, 0.3) is 22.2 Å². The smallest absolute Gasteiger partial charge is 0.163 e. The van der Waals surface area contributed by atoms with Gasteiger partial charge < -0.3 is 10.0 Å². The summed E-state index contributed by atoms with van der Waals surface area (Å²) in [5.41, 5.74) is 3.91. The lowest BCUT2D eigenvalue weighted by Crippen LogP contribution is -2.19. The molecule has 4 heterocycles. The third kappa shape index (κ3) is 3.21. The van der Waals surface area contributed by atoms with E-state index in [-0.39, 0.29) is 6.61 Å². The normalized spacial score (nSPS) is 13.2. The maximum absolute atomic E-state index is 9.07. The zero-order chi connectivity index (χ0) is 18.9. The molecule has 4 aromatic rings. The van der Waals surface area contributed by atoms with Crippen molar-refractivity contribution in [3.05, 3.63) is 60.7 Å². The van der Waals surface area contributed by atoms with Gasteiger partial charge in [-0.05, 0) is 23.8 Å². The Morgan fingerprint density at radius 1 is 1.14 bits per heavy atom.